The van der Waals surface area contributed by atoms with Gasteiger partial charge in [0.2, 0.25) is 0 Å². The zero-order valence-electron chi connectivity index (χ0n) is 21.1. The molecule has 9 heteroatoms. The van der Waals surface area contributed by atoms with Crippen LogP contribution in [-0.2, 0) is 19.5 Å². The standard InChI is InChI=1S/C28H30N6O2S/c1-3-13-33(27(36)21-7-9-23(10-8-21)34-15-12-29-19-34)17-20-5-4-6-22(16-20)26(35)31-28-30-24-11-14-32(2)18-25(24)37-28/h4-10,12,15-16,19H,3,11,13-14,17-18H2,1-2H3,(H,30,31,35). The molecule has 0 fully saturated rings. The molecule has 0 radical (unpaired) electrons. The minimum absolute atomic E-state index is 0.0350. The maximum atomic E-state index is 13.3. The summed E-state index contributed by atoms with van der Waals surface area (Å²) >= 11 is 1.54. The van der Waals surface area contributed by atoms with Gasteiger partial charge in [-0.2, -0.15) is 0 Å². The number of benzene rings is 2. The van der Waals surface area contributed by atoms with Gasteiger partial charge in [0, 0.05) is 66.7 Å². The van der Waals surface area contributed by atoms with Crippen LogP contribution in [0.3, 0.4) is 0 Å². The summed E-state index contributed by atoms with van der Waals surface area (Å²) < 4.78 is 1.90. The number of hydrogen-bond acceptors (Lipinski definition) is 6. The Labute approximate surface area is 220 Å². The van der Waals surface area contributed by atoms with Crippen molar-refractivity contribution < 1.29 is 9.59 Å². The molecule has 4 aromatic rings. The van der Waals surface area contributed by atoms with Gasteiger partial charge in [0.1, 0.15) is 0 Å². The van der Waals surface area contributed by atoms with E-state index in [-0.39, 0.29) is 11.8 Å². The van der Waals surface area contributed by atoms with Crippen LogP contribution < -0.4 is 5.32 Å². The summed E-state index contributed by atoms with van der Waals surface area (Å²) in [7, 11) is 2.09. The highest BCUT2D eigenvalue weighted by Gasteiger charge is 2.20. The van der Waals surface area contributed by atoms with Crippen LogP contribution in [0.25, 0.3) is 5.69 Å². The third-order valence-corrected chi connectivity index (χ3v) is 7.40. The molecule has 0 saturated carbocycles. The SMILES string of the molecule is CCCN(Cc1cccc(C(=O)Nc2nc3c(s2)CN(C)CC3)c1)C(=O)c1ccc(-n2ccnc2)cc1. The lowest BCUT2D eigenvalue weighted by molar-refractivity contribution is 0.0743. The number of nitrogens with one attached hydrogen (secondary N) is 1. The number of hydrogen-bond donors (Lipinski definition) is 1. The van der Waals surface area contributed by atoms with Crippen molar-refractivity contribution in [3.63, 3.8) is 0 Å². The van der Waals surface area contributed by atoms with Crippen molar-refractivity contribution in [1.29, 1.82) is 0 Å². The number of carbonyl (C=O) groups is 2. The Hall–Kier alpha value is -3.82. The van der Waals surface area contributed by atoms with Crippen LogP contribution in [0, 0.1) is 0 Å². The van der Waals surface area contributed by atoms with E-state index in [0.29, 0.717) is 29.3 Å². The maximum Gasteiger partial charge on any atom is 0.257 e. The number of carbonyl (C=O) groups excluding carboxylic acids is 2. The minimum Gasteiger partial charge on any atom is -0.334 e. The van der Waals surface area contributed by atoms with Crippen molar-refractivity contribution in [3.8, 4) is 5.69 Å². The van der Waals surface area contributed by atoms with E-state index >= 15 is 0 Å². The molecule has 2 aromatic heterocycles. The van der Waals surface area contributed by atoms with Gasteiger partial charge in [0.25, 0.3) is 11.8 Å². The predicted molar refractivity (Wildman–Crippen MR) is 145 cm³/mol. The van der Waals surface area contributed by atoms with Crippen molar-refractivity contribution >= 4 is 28.3 Å². The molecule has 0 unspecified atom stereocenters. The van der Waals surface area contributed by atoms with Gasteiger partial charge in [0.05, 0.1) is 12.0 Å². The van der Waals surface area contributed by atoms with Crippen LogP contribution >= 0.6 is 11.3 Å². The second-order valence-electron chi connectivity index (χ2n) is 9.27. The number of fused-ring (bicyclic) bond motifs is 1. The fourth-order valence-corrected chi connectivity index (χ4v) is 5.55. The Morgan fingerprint density at radius 2 is 1.97 bits per heavy atom. The molecule has 0 spiro atoms. The van der Waals surface area contributed by atoms with Gasteiger partial charge in [-0.15, -0.1) is 11.3 Å². The molecule has 1 aliphatic rings. The quantitative estimate of drug-likeness (QED) is 0.371. The third-order valence-electron chi connectivity index (χ3n) is 6.40. The summed E-state index contributed by atoms with van der Waals surface area (Å²) in [6.45, 7) is 4.95. The van der Waals surface area contributed by atoms with E-state index in [1.54, 1.807) is 29.9 Å². The molecule has 5 rings (SSSR count). The molecule has 0 saturated heterocycles. The highest BCUT2D eigenvalue weighted by atomic mass is 32.1. The lowest BCUT2D eigenvalue weighted by atomic mass is 10.1. The average Bonchev–Trinajstić information content (AvgIpc) is 3.58. The molecule has 0 bridgehead atoms. The molecule has 1 aliphatic heterocycles. The van der Waals surface area contributed by atoms with E-state index in [0.717, 1.165) is 42.9 Å². The van der Waals surface area contributed by atoms with E-state index in [2.05, 4.69) is 34.2 Å². The zero-order chi connectivity index (χ0) is 25.8. The second kappa shape index (κ2) is 11.1. The van der Waals surface area contributed by atoms with Crippen molar-refractivity contribution in [2.45, 2.75) is 32.9 Å². The summed E-state index contributed by atoms with van der Waals surface area (Å²) in [5, 5.41) is 3.60. The predicted octanol–water partition coefficient (Wildman–Crippen LogP) is 4.62. The number of thiazole rings is 1. The van der Waals surface area contributed by atoms with Gasteiger partial charge >= 0.3 is 0 Å². The topological polar surface area (TPSA) is 83.4 Å². The summed E-state index contributed by atoms with van der Waals surface area (Å²) in [5.74, 6) is -0.225. The summed E-state index contributed by atoms with van der Waals surface area (Å²) in [5.41, 5.74) is 4.12. The van der Waals surface area contributed by atoms with Crippen LogP contribution in [0.4, 0.5) is 5.13 Å². The smallest absolute Gasteiger partial charge is 0.257 e. The minimum atomic E-state index is -0.190. The van der Waals surface area contributed by atoms with E-state index in [9.17, 15) is 9.59 Å². The Morgan fingerprint density at radius 1 is 1.14 bits per heavy atom. The Morgan fingerprint density at radius 3 is 2.73 bits per heavy atom. The fourth-order valence-electron chi connectivity index (χ4n) is 4.47. The fraction of sp³-hybridized carbons (Fsp3) is 0.286. The molecular weight excluding hydrogens is 484 g/mol. The van der Waals surface area contributed by atoms with Gasteiger partial charge in [-0.1, -0.05) is 19.1 Å². The van der Waals surface area contributed by atoms with Crippen LogP contribution in [0.1, 0.15) is 50.2 Å². The number of nitrogens with zero attached hydrogens (tertiary/aromatic N) is 5. The van der Waals surface area contributed by atoms with Gasteiger partial charge in [0.15, 0.2) is 5.13 Å². The normalized spacial score (nSPS) is 13.2. The number of rotatable bonds is 8. The van der Waals surface area contributed by atoms with Crippen LogP contribution in [-0.4, -0.2) is 56.3 Å². The van der Waals surface area contributed by atoms with Crippen molar-refractivity contribution in [1.82, 2.24) is 24.3 Å². The average molecular weight is 515 g/mol. The molecule has 0 atom stereocenters. The van der Waals surface area contributed by atoms with Crippen LogP contribution in [0.2, 0.25) is 0 Å². The summed E-state index contributed by atoms with van der Waals surface area (Å²) in [4.78, 5) is 40.3. The molecule has 2 aromatic carbocycles. The first kappa shape index (κ1) is 24.9. The first-order valence-corrected chi connectivity index (χ1v) is 13.3. The second-order valence-corrected chi connectivity index (χ2v) is 10.4. The molecule has 3 heterocycles. The zero-order valence-corrected chi connectivity index (χ0v) is 21.9. The lowest BCUT2D eigenvalue weighted by Gasteiger charge is -2.23. The van der Waals surface area contributed by atoms with Crippen LogP contribution in [0.5, 0.6) is 0 Å². The van der Waals surface area contributed by atoms with Gasteiger partial charge < -0.3 is 14.4 Å². The van der Waals surface area contributed by atoms with E-state index < -0.39 is 0 Å². The number of imidazole rings is 1. The van der Waals surface area contributed by atoms with Crippen molar-refractivity contribution in [3.05, 3.63) is 94.5 Å². The molecule has 0 aliphatic carbocycles. The Bertz CT molecular complexity index is 1380. The molecule has 8 nitrogen and oxygen atoms in total. The Balaban J connectivity index is 1.27. The first-order chi connectivity index (χ1) is 18.0. The largest absolute Gasteiger partial charge is 0.334 e. The molecule has 37 heavy (non-hydrogen) atoms. The van der Waals surface area contributed by atoms with Crippen molar-refractivity contribution in [2.75, 3.05) is 25.5 Å². The molecule has 190 valence electrons. The van der Waals surface area contributed by atoms with E-state index in [4.69, 9.17) is 0 Å². The third kappa shape index (κ3) is 5.79. The van der Waals surface area contributed by atoms with Crippen molar-refractivity contribution in [2.24, 2.45) is 0 Å². The summed E-state index contributed by atoms with van der Waals surface area (Å²) in [6.07, 6.45) is 7.05. The summed E-state index contributed by atoms with van der Waals surface area (Å²) in [6, 6.07) is 15.0. The first-order valence-electron chi connectivity index (χ1n) is 12.4. The number of likely N-dealkylation sites (N-methyl/N-ethyl adjacent to an activating group) is 1. The van der Waals surface area contributed by atoms with Crippen LogP contribution in [0.15, 0.2) is 67.3 Å². The van der Waals surface area contributed by atoms with Gasteiger partial charge in [-0.3, -0.25) is 14.9 Å². The monoisotopic (exact) mass is 514 g/mol. The highest BCUT2D eigenvalue weighted by Crippen LogP contribution is 2.28. The number of aromatic nitrogens is 3. The lowest BCUT2D eigenvalue weighted by Crippen LogP contribution is -2.31. The number of amides is 2. The Kier molecular flexibility index (Phi) is 7.43. The number of anilines is 1. The molecular formula is C28H30N6O2S. The van der Waals surface area contributed by atoms with E-state index in [1.165, 1.54) is 4.88 Å². The van der Waals surface area contributed by atoms with Gasteiger partial charge in [-0.05, 0) is 55.4 Å². The highest BCUT2D eigenvalue weighted by molar-refractivity contribution is 7.15. The molecule has 1 N–H and O–H groups in total. The van der Waals surface area contributed by atoms with E-state index in [1.807, 2.05) is 58.1 Å². The molecule has 2 amide bonds. The van der Waals surface area contributed by atoms with Gasteiger partial charge in [-0.25, -0.2) is 9.97 Å². The maximum absolute atomic E-state index is 13.3.